The van der Waals surface area contributed by atoms with Gasteiger partial charge in [0.05, 0.1) is 17.1 Å². The molecule has 6 nitrogen and oxygen atoms in total. The van der Waals surface area contributed by atoms with Crippen LogP contribution in [0.5, 0.6) is 0 Å². The number of hydrogen-bond donors (Lipinski definition) is 2. The highest BCUT2D eigenvalue weighted by Gasteiger charge is 2.16. The molecule has 0 fully saturated rings. The standard InChI is InChI=1S/C22H20N4O2S/c1-26(2)21(28)15-9-11-16(12-10-15)23-19(27)13-29-22-24-17-7-3-5-14-6-4-8-18(25-22)20(14)17/h3-12H,13H2,1-2H3,(H,23,27)(H,24,25). The minimum atomic E-state index is -0.136. The van der Waals surface area contributed by atoms with Gasteiger partial charge in [-0.2, -0.15) is 0 Å². The van der Waals surface area contributed by atoms with E-state index in [1.165, 1.54) is 16.7 Å². The monoisotopic (exact) mass is 404 g/mol. The molecule has 1 heterocycles. The summed E-state index contributed by atoms with van der Waals surface area (Å²) in [7, 11) is 3.41. The van der Waals surface area contributed by atoms with Gasteiger partial charge in [0.2, 0.25) is 5.91 Å². The van der Waals surface area contributed by atoms with E-state index in [1.54, 1.807) is 38.4 Å². The quantitative estimate of drug-likeness (QED) is 0.679. The fraction of sp³-hybridized carbons (Fsp3) is 0.136. The summed E-state index contributed by atoms with van der Waals surface area (Å²) in [4.78, 5) is 30.4. The molecule has 0 aliphatic carbocycles. The predicted molar refractivity (Wildman–Crippen MR) is 120 cm³/mol. The maximum Gasteiger partial charge on any atom is 0.253 e. The van der Waals surface area contributed by atoms with Crippen molar-refractivity contribution in [2.75, 3.05) is 30.5 Å². The van der Waals surface area contributed by atoms with Crippen LogP contribution < -0.4 is 10.6 Å². The summed E-state index contributed by atoms with van der Waals surface area (Å²) in [5.41, 5.74) is 3.13. The second kappa shape index (κ2) is 7.97. The van der Waals surface area contributed by atoms with E-state index in [0.29, 0.717) is 16.4 Å². The van der Waals surface area contributed by atoms with Crippen molar-refractivity contribution >= 4 is 56.6 Å². The van der Waals surface area contributed by atoms with Gasteiger partial charge in [-0.15, -0.1) is 0 Å². The van der Waals surface area contributed by atoms with Crippen molar-refractivity contribution in [2.45, 2.75) is 0 Å². The summed E-state index contributed by atoms with van der Waals surface area (Å²) in [5, 5.41) is 9.07. The summed E-state index contributed by atoms with van der Waals surface area (Å²) in [6, 6.07) is 19.0. The zero-order valence-corrected chi connectivity index (χ0v) is 16.9. The van der Waals surface area contributed by atoms with E-state index in [1.807, 2.05) is 24.3 Å². The Balaban J connectivity index is 1.38. The van der Waals surface area contributed by atoms with Crippen LogP contribution in [0.25, 0.3) is 10.8 Å². The van der Waals surface area contributed by atoms with E-state index < -0.39 is 0 Å². The van der Waals surface area contributed by atoms with E-state index in [-0.39, 0.29) is 17.6 Å². The van der Waals surface area contributed by atoms with Crippen LogP contribution in [0.2, 0.25) is 0 Å². The molecular formula is C22H20N4O2S. The molecule has 29 heavy (non-hydrogen) atoms. The Morgan fingerprint density at radius 2 is 1.76 bits per heavy atom. The number of thioether (sulfide) groups is 1. The second-order valence-electron chi connectivity index (χ2n) is 6.84. The zero-order chi connectivity index (χ0) is 20.4. The van der Waals surface area contributed by atoms with Crippen molar-refractivity contribution in [3.8, 4) is 0 Å². The maximum absolute atomic E-state index is 12.3. The molecule has 0 saturated heterocycles. The van der Waals surface area contributed by atoms with Gasteiger partial charge in [-0.1, -0.05) is 36.0 Å². The molecule has 7 heteroatoms. The Labute approximate surface area is 173 Å². The summed E-state index contributed by atoms with van der Waals surface area (Å²) in [6.07, 6.45) is 0. The number of carbonyl (C=O) groups is 2. The summed E-state index contributed by atoms with van der Waals surface area (Å²) >= 11 is 1.35. The first-order valence-electron chi connectivity index (χ1n) is 9.13. The number of anilines is 2. The largest absolute Gasteiger partial charge is 0.345 e. The van der Waals surface area contributed by atoms with Crippen molar-refractivity contribution < 1.29 is 9.59 Å². The Morgan fingerprint density at radius 1 is 1.03 bits per heavy atom. The Kier molecular flexibility index (Phi) is 5.22. The Bertz CT molecular complexity index is 1120. The van der Waals surface area contributed by atoms with Crippen LogP contribution in [0, 0.1) is 0 Å². The van der Waals surface area contributed by atoms with Crippen LogP contribution in [-0.4, -0.2) is 41.7 Å². The number of nitrogens with zero attached hydrogens (tertiary/aromatic N) is 2. The van der Waals surface area contributed by atoms with Crippen LogP contribution in [0.4, 0.5) is 17.1 Å². The molecular weight excluding hydrogens is 384 g/mol. The highest BCUT2D eigenvalue weighted by Crippen LogP contribution is 2.36. The van der Waals surface area contributed by atoms with Gasteiger partial charge in [-0.05, 0) is 41.8 Å². The lowest BCUT2D eigenvalue weighted by Gasteiger charge is -2.18. The Morgan fingerprint density at radius 3 is 2.48 bits per heavy atom. The molecule has 0 atom stereocenters. The smallest absolute Gasteiger partial charge is 0.253 e. The first-order chi connectivity index (χ1) is 14.0. The third kappa shape index (κ3) is 4.09. The minimum absolute atomic E-state index is 0.0740. The molecule has 2 N–H and O–H groups in total. The third-order valence-corrected chi connectivity index (χ3v) is 5.38. The minimum Gasteiger partial charge on any atom is -0.345 e. The van der Waals surface area contributed by atoms with Gasteiger partial charge in [0, 0.05) is 30.7 Å². The third-order valence-electron chi connectivity index (χ3n) is 4.51. The molecule has 4 rings (SSSR count). The number of hydrogen-bond acceptors (Lipinski definition) is 5. The number of rotatable bonds is 4. The molecule has 3 aromatic rings. The molecule has 0 bridgehead atoms. The van der Waals surface area contributed by atoms with Gasteiger partial charge in [0.25, 0.3) is 5.91 Å². The number of benzene rings is 3. The molecule has 3 aromatic carbocycles. The van der Waals surface area contributed by atoms with Crippen LogP contribution >= 0.6 is 11.8 Å². The second-order valence-corrected chi connectivity index (χ2v) is 7.80. The average Bonchev–Trinajstić information content (AvgIpc) is 2.72. The molecule has 0 spiro atoms. The highest BCUT2D eigenvalue weighted by molar-refractivity contribution is 8.14. The lowest BCUT2D eigenvalue weighted by Crippen LogP contribution is -2.21. The van der Waals surface area contributed by atoms with E-state index in [9.17, 15) is 9.59 Å². The lowest BCUT2D eigenvalue weighted by molar-refractivity contribution is -0.113. The molecule has 0 radical (unpaired) electrons. The summed E-state index contributed by atoms with van der Waals surface area (Å²) < 4.78 is 0. The average molecular weight is 404 g/mol. The van der Waals surface area contributed by atoms with E-state index >= 15 is 0 Å². The van der Waals surface area contributed by atoms with Gasteiger partial charge < -0.3 is 15.5 Å². The van der Waals surface area contributed by atoms with Crippen LogP contribution in [0.15, 0.2) is 65.7 Å². The fourth-order valence-corrected chi connectivity index (χ4v) is 3.81. The number of aliphatic imine (C=N–C) groups is 1. The number of nitrogens with one attached hydrogen (secondary N) is 2. The Hall–Kier alpha value is -3.32. The van der Waals surface area contributed by atoms with Crippen molar-refractivity contribution in [1.29, 1.82) is 0 Å². The topological polar surface area (TPSA) is 73.8 Å². The summed E-state index contributed by atoms with van der Waals surface area (Å²) in [6.45, 7) is 0. The lowest BCUT2D eigenvalue weighted by atomic mass is 10.1. The zero-order valence-electron chi connectivity index (χ0n) is 16.1. The van der Waals surface area contributed by atoms with E-state index in [0.717, 1.165) is 22.1 Å². The van der Waals surface area contributed by atoms with Crippen LogP contribution in [-0.2, 0) is 4.79 Å². The highest BCUT2D eigenvalue weighted by atomic mass is 32.2. The summed E-state index contributed by atoms with van der Waals surface area (Å²) in [5.74, 6) is 0.0147. The molecule has 1 aliphatic rings. The fourth-order valence-electron chi connectivity index (χ4n) is 3.12. The van der Waals surface area contributed by atoms with Crippen molar-refractivity contribution in [3.63, 3.8) is 0 Å². The number of amides is 2. The molecule has 1 aliphatic heterocycles. The molecule has 0 saturated carbocycles. The first-order valence-corrected chi connectivity index (χ1v) is 10.1. The van der Waals surface area contributed by atoms with Crippen molar-refractivity contribution in [2.24, 2.45) is 4.99 Å². The molecule has 146 valence electrons. The van der Waals surface area contributed by atoms with Gasteiger partial charge in [-0.3, -0.25) is 9.59 Å². The van der Waals surface area contributed by atoms with E-state index in [2.05, 4.69) is 27.8 Å². The van der Waals surface area contributed by atoms with Gasteiger partial charge in [0.1, 0.15) is 0 Å². The number of carbonyl (C=O) groups excluding carboxylic acids is 2. The van der Waals surface area contributed by atoms with Gasteiger partial charge in [-0.25, -0.2) is 4.99 Å². The maximum atomic E-state index is 12.3. The molecule has 2 amide bonds. The normalized spacial score (nSPS) is 12.1. The van der Waals surface area contributed by atoms with Crippen molar-refractivity contribution in [1.82, 2.24) is 4.90 Å². The molecule has 0 unspecified atom stereocenters. The van der Waals surface area contributed by atoms with Crippen LogP contribution in [0.1, 0.15) is 10.4 Å². The SMILES string of the molecule is CN(C)C(=O)c1ccc(NC(=O)CSC2=Nc3cccc4cccc(c34)N2)cc1. The molecule has 0 aromatic heterocycles. The van der Waals surface area contributed by atoms with Crippen molar-refractivity contribution in [3.05, 3.63) is 66.2 Å². The predicted octanol–water partition coefficient (Wildman–Crippen LogP) is 4.33. The van der Waals surface area contributed by atoms with Gasteiger partial charge in [0.15, 0.2) is 5.17 Å². The number of amidine groups is 1. The first kappa shape index (κ1) is 19.0. The van der Waals surface area contributed by atoms with Crippen LogP contribution in [0.3, 0.4) is 0 Å². The van der Waals surface area contributed by atoms with Gasteiger partial charge >= 0.3 is 0 Å². The van der Waals surface area contributed by atoms with E-state index in [4.69, 9.17) is 0 Å².